The largest absolute Gasteiger partial charge is 0.462 e. The first-order chi connectivity index (χ1) is 7.49. The molecule has 0 aromatic carbocycles. The number of esters is 1. The first kappa shape index (κ1) is 12.4. The molecule has 1 rings (SSSR count). The highest BCUT2D eigenvalue weighted by Crippen LogP contribution is 2.06. The van der Waals surface area contributed by atoms with Gasteiger partial charge in [-0.15, -0.1) is 0 Å². The predicted octanol–water partition coefficient (Wildman–Crippen LogP) is 2.36. The zero-order valence-electron chi connectivity index (χ0n) is 10.0. The number of aromatic nitrogens is 1. The molecule has 0 bridgehead atoms. The number of ether oxygens (including phenoxy) is 1. The molecule has 0 radical (unpaired) electrons. The minimum absolute atomic E-state index is 0.331. The van der Waals surface area contributed by atoms with Gasteiger partial charge in [0.15, 0.2) is 0 Å². The van der Waals surface area contributed by atoms with Gasteiger partial charge in [0.05, 0.1) is 6.61 Å². The molecule has 0 spiro atoms. The van der Waals surface area contributed by atoms with Gasteiger partial charge in [0.2, 0.25) is 0 Å². The van der Waals surface area contributed by atoms with Crippen molar-refractivity contribution < 1.29 is 9.53 Å². The van der Waals surface area contributed by atoms with E-state index in [2.05, 4.69) is 11.6 Å². The van der Waals surface area contributed by atoms with Crippen molar-refractivity contribution >= 4 is 5.97 Å². The maximum absolute atomic E-state index is 11.1. The van der Waals surface area contributed by atoms with Crippen LogP contribution in [0.5, 0.6) is 0 Å². The predicted molar refractivity (Wildman–Crippen MR) is 63.2 cm³/mol. The van der Waals surface area contributed by atoms with E-state index in [1.54, 1.807) is 6.92 Å². The fourth-order valence-electron chi connectivity index (χ4n) is 1.45. The van der Waals surface area contributed by atoms with E-state index in [0.29, 0.717) is 18.6 Å². The van der Waals surface area contributed by atoms with Gasteiger partial charge >= 0.3 is 5.97 Å². The van der Waals surface area contributed by atoms with Crippen LogP contribution >= 0.6 is 0 Å². The summed E-state index contributed by atoms with van der Waals surface area (Å²) in [5.41, 5.74) is 3.55. The number of nitrogens with zero attached hydrogens (tertiary/aromatic N) is 1. The van der Waals surface area contributed by atoms with E-state index in [4.69, 9.17) is 4.74 Å². The molecule has 16 heavy (non-hydrogen) atoms. The molecule has 0 aliphatic carbocycles. The molecule has 86 valence electrons. The Hall–Kier alpha value is -1.64. The van der Waals surface area contributed by atoms with Crippen molar-refractivity contribution in [2.45, 2.75) is 27.2 Å². The molecule has 3 heteroatoms. The fourth-order valence-corrected chi connectivity index (χ4v) is 1.45. The monoisotopic (exact) mass is 219 g/mol. The van der Waals surface area contributed by atoms with Crippen molar-refractivity contribution in [2.75, 3.05) is 6.61 Å². The van der Waals surface area contributed by atoms with Crippen LogP contribution in [0.25, 0.3) is 0 Å². The van der Waals surface area contributed by atoms with E-state index in [1.807, 2.05) is 26.0 Å². The highest BCUT2D eigenvalue weighted by Gasteiger charge is 2.03. The molecule has 1 aromatic rings. The number of pyridine rings is 1. The molecule has 0 saturated heterocycles. The first-order valence-electron chi connectivity index (χ1n) is 5.26. The molecule has 0 aliphatic heterocycles. The van der Waals surface area contributed by atoms with Crippen LogP contribution in [0.4, 0.5) is 0 Å². The quantitative estimate of drug-likeness (QED) is 0.576. The summed E-state index contributed by atoms with van der Waals surface area (Å²) >= 11 is 0. The summed E-state index contributed by atoms with van der Waals surface area (Å²) < 4.78 is 5.03. The lowest BCUT2D eigenvalue weighted by atomic mass is 10.1. The third kappa shape index (κ3) is 3.85. The molecule has 0 fully saturated rings. The zero-order valence-corrected chi connectivity index (χ0v) is 10.0. The van der Waals surface area contributed by atoms with Gasteiger partial charge in [0, 0.05) is 23.4 Å². The molecule has 0 saturated carbocycles. The SMILES string of the molecule is C=C(C)C(=O)OCCc1cc(C)nc(C)c1. The average Bonchev–Trinajstić information content (AvgIpc) is 2.15. The molecule has 0 amide bonds. The van der Waals surface area contributed by atoms with Crippen molar-refractivity contribution in [1.29, 1.82) is 0 Å². The fraction of sp³-hybridized carbons (Fsp3) is 0.385. The topological polar surface area (TPSA) is 39.2 Å². The van der Waals surface area contributed by atoms with Crippen LogP contribution < -0.4 is 0 Å². The van der Waals surface area contributed by atoms with E-state index in [1.165, 1.54) is 0 Å². The van der Waals surface area contributed by atoms with Crippen molar-refractivity contribution in [3.63, 3.8) is 0 Å². The Morgan fingerprint density at radius 1 is 1.38 bits per heavy atom. The van der Waals surface area contributed by atoms with Crippen LogP contribution in [-0.4, -0.2) is 17.6 Å². The maximum atomic E-state index is 11.1. The first-order valence-corrected chi connectivity index (χ1v) is 5.26. The number of hydrogen-bond acceptors (Lipinski definition) is 3. The van der Waals surface area contributed by atoms with Gasteiger partial charge in [-0.2, -0.15) is 0 Å². The van der Waals surface area contributed by atoms with Crippen molar-refractivity contribution in [1.82, 2.24) is 4.98 Å². The molecule has 1 heterocycles. The lowest BCUT2D eigenvalue weighted by molar-refractivity contribution is -0.138. The van der Waals surface area contributed by atoms with E-state index in [9.17, 15) is 4.79 Å². The van der Waals surface area contributed by atoms with Crippen LogP contribution in [0.1, 0.15) is 23.9 Å². The Bertz CT molecular complexity index is 390. The molecule has 0 N–H and O–H groups in total. The number of carbonyl (C=O) groups excluding carboxylic acids is 1. The molecule has 3 nitrogen and oxygen atoms in total. The molecule has 1 aromatic heterocycles. The lowest BCUT2D eigenvalue weighted by Gasteiger charge is -2.06. The number of aryl methyl sites for hydroxylation is 2. The Morgan fingerprint density at radius 2 is 1.94 bits per heavy atom. The van der Waals surface area contributed by atoms with E-state index in [-0.39, 0.29) is 5.97 Å². The molecule has 0 unspecified atom stereocenters. The summed E-state index contributed by atoms with van der Waals surface area (Å²) in [5, 5.41) is 0. The second-order valence-corrected chi connectivity index (χ2v) is 3.92. The van der Waals surface area contributed by atoms with Crippen molar-refractivity contribution in [3.05, 3.63) is 41.2 Å². The second kappa shape index (κ2) is 5.45. The molecular formula is C13H17NO2. The Labute approximate surface area is 96.2 Å². The standard InChI is InChI=1S/C13H17NO2/c1-9(2)13(15)16-6-5-12-7-10(3)14-11(4)8-12/h7-8H,1,5-6H2,2-4H3. The van der Waals surface area contributed by atoms with E-state index >= 15 is 0 Å². The summed E-state index contributed by atoms with van der Waals surface area (Å²) in [6, 6.07) is 4.00. The molecular weight excluding hydrogens is 202 g/mol. The third-order valence-electron chi connectivity index (χ3n) is 2.11. The highest BCUT2D eigenvalue weighted by molar-refractivity contribution is 5.86. The summed E-state index contributed by atoms with van der Waals surface area (Å²) in [7, 11) is 0. The average molecular weight is 219 g/mol. The summed E-state index contributed by atoms with van der Waals surface area (Å²) in [4.78, 5) is 15.4. The smallest absolute Gasteiger partial charge is 0.333 e. The summed E-state index contributed by atoms with van der Waals surface area (Å²) in [6.07, 6.45) is 0.712. The van der Waals surface area contributed by atoms with Crippen LogP contribution in [0.2, 0.25) is 0 Å². The van der Waals surface area contributed by atoms with Gasteiger partial charge in [0.1, 0.15) is 0 Å². The lowest BCUT2D eigenvalue weighted by Crippen LogP contribution is -2.08. The summed E-state index contributed by atoms with van der Waals surface area (Å²) in [6.45, 7) is 9.46. The highest BCUT2D eigenvalue weighted by atomic mass is 16.5. The zero-order chi connectivity index (χ0) is 12.1. The summed E-state index contributed by atoms with van der Waals surface area (Å²) in [5.74, 6) is -0.331. The number of hydrogen-bond donors (Lipinski definition) is 0. The van der Waals surface area contributed by atoms with Gasteiger partial charge < -0.3 is 4.74 Å². The molecule has 0 atom stereocenters. The van der Waals surface area contributed by atoms with Crippen LogP contribution in [0, 0.1) is 13.8 Å². The number of rotatable bonds is 4. The van der Waals surface area contributed by atoms with Crippen LogP contribution in [0.15, 0.2) is 24.3 Å². The Kier molecular flexibility index (Phi) is 4.23. The maximum Gasteiger partial charge on any atom is 0.333 e. The van der Waals surface area contributed by atoms with Crippen molar-refractivity contribution in [3.8, 4) is 0 Å². The Morgan fingerprint density at radius 3 is 2.44 bits per heavy atom. The van der Waals surface area contributed by atoms with E-state index < -0.39 is 0 Å². The molecule has 0 aliphatic rings. The van der Waals surface area contributed by atoms with Crippen LogP contribution in [-0.2, 0) is 16.0 Å². The van der Waals surface area contributed by atoms with E-state index in [0.717, 1.165) is 17.0 Å². The van der Waals surface area contributed by atoms with Gasteiger partial charge in [-0.05, 0) is 38.5 Å². The minimum Gasteiger partial charge on any atom is -0.462 e. The van der Waals surface area contributed by atoms with Crippen LogP contribution in [0.3, 0.4) is 0 Å². The number of carbonyl (C=O) groups is 1. The van der Waals surface area contributed by atoms with Gasteiger partial charge in [-0.25, -0.2) is 4.79 Å². The van der Waals surface area contributed by atoms with Gasteiger partial charge in [-0.1, -0.05) is 6.58 Å². The van der Waals surface area contributed by atoms with Gasteiger partial charge in [0.25, 0.3) is 0 Å². The normalized spacial score (nSPS) is 9.94. The van der Waals surface area contributed by atoms with Crippen molar-refractivity contribution in [2.24, 2.45) is 0 Å². The third-order valence-corrected chi connectivity index (χ3v) is 2.11. The Balaban J connectivity index is 2.49. The minimum atomic E-state index is -0.331. The van der Waals surface area contributed by atoms with Gasteiger partial charge in [-0.3, -0.25) is 4.98 Å². The second-order valence-electron chi connectivity index (χ2n) is 3.92.